The number of piperazine rings is 1. The summed E-state index contributed by atoms with van der Waals surface area (Å²) in [5, 5.41) is 2.67. The quantitative estimate of drug-likeness (QED) is 0.677. The van der Waals surface area contributed by atoms with E-state index in [-0.39, 0.29) is 5.97 Å². The largest absolute Gasteiger partial charge is 0.367 e. The average Bonchev–Trinajstić information content (AvgIpc) is 3.16. The number of pyridine rings is 2. The number of aromatic amines is 1. The van der Waals surface area contributed by atoms with Crippen LogP contribution in [0.2, 0.25) is 0 Å². The van der Waals surface area contributed by atoms with Crippen molar-refractivity contribution >= 4 is 22.8 Å². The Balaban J connectivity index is 1.48. The lowest BCUT2D eigenvalue weighted by Crippen LogP contribution is -2.48. The molecule has 1 aliphatic rings. The summed E-state index contributed by atoms with van der Waals surface area (Å²) in [4.78, 5) is 31.9. The minimum Gasteiger partial charge on any atom is -0.367 e. The molecule has 0 bridgehead atoms. The lowest BCUT2D eigenvalue weighted by molar-refractivity contribution is -0.201. The van der Waals surface area contributed by atoms with Crippen LogP contribution in [0.3, 0.4) is 0 Å². The van der Waals surface area contributed by atoms with Crippen molar-refractivity contribution in [1.29, 1.82) is 0 Å². The monoisotopic (exact) mass is 403 g/mol. The van der Waals surface area contributed by atoms with Crippen molar-refractivity contribution < 1.29 is 9.63 Å². The molecule has 0 aromatic carbocycles. The molecule has 30 heavy (non-hydrogen) atoms. The van der Waals surface area contributed by atoms with Gasteiger partial charge in [-0.05, 0) is 44.5 Å². The maximum absolute atomic E-state index is 12.1. The molecule has 1 N–H and O–H groups in total. The van der Waals surface area contributed by atoms with Crippen molar-refractivity contribution in [3.05, 3.63) is 42.4 Å². The van der Waals surface area contributed by atoms with E-state index in [1.54, 1.807) is 17.5 Å². The van der Waals surface area contributed by atoms with Crippen LogP contribution in [0.5, 0.6) is 0 Å². The van der Waals surface area contributed by atoms with Crippen LogP contribution >= 0.6 is 0 Å². The molecule has 0 spiro atoms. The van der Waals surface area contributed by atoms with E-state index in [4.69, 9.17) is 11.3 Å². The minimum atomic E-state index is -0.513. The summed E-state index contributed by atoms with van der Waals surface area (Å²) in [7, 11) is 0. The first-order valence-electron chi connectivity index (χ1n) is 9.97. The van der Waals surface area contributed by atoms with Crippen LogP contribution < -0.4 is 4.90 Å². The van der Waals surface area contributed by atoms with Crippen molar-refractivity contribution in [2.45, 2.75) is 20.8 Å². The highest BCUT2D eigenvalue weighted by molar-refractivity contribution is 5.87. The first-order chi connectivity index (χ1) is 14.3. The summed E-state index contributed by atoms with van der Waals surface area (Å²) in [5.41, 5.74) is 3.08. The average molecular weight is 403 g/mol. The lowest BCUT2D eigenvalue weighted by atomic mass is 9.98. The van der Waals surface area contributed by atoms with Crippen molar-refractivity contribution in [1.82, 2.24) is 20.0 Å². The maximum Gasteiger partial charge on any atom is 0.330 e. The fraction of sp³-hybridized carbons (Fsp3) is 0.348. The predicted octanol–water partition coefficient (Wildman–Crippen LogP) is 3.23. The number of rotatable bonds is 3. The van der Waals surface area contributed by atoms with Crippen LogP contribution in [0, 0.1) is 17.8 Å². The molecule has 1 fully saturated rings. The summed E-state index contributed by atoms with van der Waals surface area (Å²) in [6.07, 6.45) is 11.0. The molecule has 3 aromatic heterocycles. The number of aromatic nitrogens is 3. The Hall–Kier alpha value is -3.37. The third kappa shape index (κ3) is 4.00. The highest BCUT2D eigenvalue weighted by Gasteiger charge is 2.28. The molecule has 7 heteroatoms. The fourth-order valence-electron chi connectivity index (χ4n) is 3.31. The first kappa shape index (κ1) is 19.9. The number of nitrogens with one attached hydrogen (secondary N) is 1. The van der Waals surface area contributed by atoms with Gasteiger partial charge < -0.3 is 14.7 Å². The van der Waals surface area contributed by atoms with Gasteiger partial charge in [0.25, 0.3) is 0 Å². The van der Waals surface area contributed by atoms with Gasteiger partial charge >= 0.3 is 5.97 Å². The van der Waals surface area contributed by atoms with E-state index in [9.17, 15) is 4.79 Å². The van der Waals surface area contributed by atoms with Crippen molar-refractivity contribution in [3.8, 4) is 23.5 Å². The number of hydrogen-bond acceptors (Lipinski definition) is 6. The Kier molecular flexibility index (Phi) is 5.18. The molecule has 0 amide bonds. The van der Waals surface area contributed by atoms with Gasteiger partial charge in [0.15, 0.2) is 0 Å². The summed E-state index contributed by atoms with van der Waals surface area (Å²) in [5.74, 6) is 3.36. The minimum absolute atomic E-state index is 0.213. The molecule has 3 aromatic rings. The normalized spacial score (nSPS) is 15.2. The van der Waals surface area contributed by atoms with E-state index in [1.807, 2.05) is 33.0 Å². The Morgan fingerprint density at radius 1 is 1.17 bits per heavy atom. The molecule has 0 atom stereocenters. The van der Waals surface area contributed by atoms with Gasteiger partial charge in [0.05, 0.1) is 24.1 Å². The van der Waals surface area contributed by atoms with E-state index in [2.05, 4.69) is 37.9 Å². The molecular formula is C23H25N5O2. The highest BCUT2D eigenvalue weighted by Crippen LogP contribution is 2.27. The van der Waals surface area contributed by atoms with Crippen LogP contribution in [-0.2, 0) is 9.63 Å². The molecule has 154 valence electrons. The topological polar surface area (TPSA) is 74.3 Å². The number of hydrogen-bond donors (Lipinski definition) is 1. The van der Waals surface area contributed by atoms with Gasteiger partial charge in [0, 0.05) is 42.6 Å². The summed E-state index contributed by atoms with van der Waals surface area (Å²) in [6, 6.07) is 6.08. The van der Waals surface area contributed by atoms with Crippen molar-refractivity contribution in [2.75, 3.05) is 31.1 Å². The standard InChI is InChI=1S/C23H25N5O2/c1-5-16-14-25-21-19(16)12-18(15-26-21)17-6-7-24-20(13-17)27-8-10-28(11-9-27)30-22(29)23(2,3)4/h1,6-7,12-15H,8-11H2,2-4H3,(H,25,26). The molecule has 4 rings (SSSR count). The van der Waals surface area contributed by atoms with Gasteiger partial charge in [-0.2, -0.15) is 0 Å². The van der Waals surface area contributed by atoms with Gasteiger partial charge in [0.2, 0.25) is 0 Å². The van der Waals surface area contributed by atoms with Gasteiger partial charge in [0.1, 0.15) is 11.5 Å². The van der Waals surface area contributed by atoms with E-state index in [0.717, 1.165) is 46.6 Å². The van der Waals surface area contributed by atoms with E-state index in [0.29, 0.717) is 13.1 Å². The molecule has 4 heterocycles. The van der Waals surface area contributed by atoms with Gasteiger partial charge in [-0.3, -0.25) is 0 Å². The second-order valence-corrected chi connectivity index (χ2v) is 8.41. The van der Waals surface area contributed by atoms with Crippen LogP contribution in [-0.4, -0.2) is 52.2 Å². The first-order valence-corrected chi connectivity index (χ1v) is 9.97. The number of carbonyl (C=O) groups excluding carboxylic acids is 1. The highest BCUT2D eigenvalue weighted by atomic mass is 16.7. The zero-order chi connectivity index (χ0) is 21.3. The third-order valence-corrected chi connectivity index (χ3v) is 5.15. The Morgan fingerprint density at radius 3 is 2.63 bits per heavy atom. The number of anilines is 1. The Bertz CT molecular complexity index is 1110. The number of terminal acetylenes is 1. The van der Waals surface area contributed by atoms with Crippen LogP contribution in [0.25, 0.3) is 22.2 Å². The zero-order valence-electron chi connectivity index (χ0n) is 17.5. The van der Waals surface area contributed by atoms with Crippen molar-refractivity contribution in [2.24, 2.45) is 5.41 Å². The Labute approximate surface area is 176 Å². The molecule has 0 saturated carbocycles. The van der Waals surface area contributed by atoms with Crippen LogP contribution in [0.4, 0.5) is 5.82 Å². The molecular weight excluding hydrogens is 378 g/mol. The summed E-state index contributed by atoms with van der Waals surface area (Å²) < 4.78 is 0. The zero-order valence-corrected chi connectivity index (χ0v) is 17.5. The molecule has 0 radical (unpaired) electrons. The molecule has 1 saturated heterocycles. The van der Waals surface area contributed by atoms with Crippen molar-refractivity contribution in [3.63, 3.8) is 0 Å². The van der Waals surface area contributed by atoms with E-state index in [1.165, 1.54) is 0 Å². The number of nitrogens with zero attached hydrogens (tertiary/aromatic N) is 4. The van der Waals surface area contributed by atoms with Gasteiger partial charge in [-0.25, -0.2) is 14.8 Å². The Morgan fingerprint density at radius 2 is 1.93 bits per heavy atom. The summed E-state index contributed by atoms with van der Waals surface area (Å²) >= 11 is 0. The van der Waals surface area contributed by atoms with Crippen LogP contribution in [0.15, 0.2) is 36.8 Å². The number of carbonyl (C=O) groups is 1. The van der Waals surface area contributed by atoms with E-state index < -0.39 is 5.41 Å². The number of fused-ring (bicyclic) bond motifs is 1. The molecule has 0 unspecified atom stereocenters. The maximum atomic E-state index is 12.1. The number of H-pyrrole nitrogens is 1. The molecule has 7 nitrogen and oxygen atoms in total. The predicted molar refractivity (Wildman–Crippen MR) is 117 cm³/mol. The van der Waals surface area contributed by atoms with Crippen LogP contribution in [0.1, 0.15) is 26.3 Å². The van der Waals surface area contributed by atoms with Gasteiger partial charge in [-0.1, -0.05) is 5.92 Å². The second-order valence-electron chi connectivity index (χ2n) is 8.41. The fourth-order valence-corrected chi connectivity index (χ4v) is 3.31. The lowest BCUT2D eigenvalue weighted by Gasteiger charge is -2.35. The molecule has 0 aliphatic carbocycles. The van der Waals surface area contributed by atoms with Gasteiger partial charge in [-0.15, -0.1) is 11.5 Å². The number of hydroxylamine groups is 2. The second kappa shape index (κ2) is 7.81. The SMILES string of the molecule is C#Cc1c[nH]c2ncc(-c3ccnc(N4CCN(OC(=O)C(C)(C)C)CC4)c3)cc12. The smallest absolute Gasteiger partial charge is 0.330 e. The molecule has 1 aliphatic heterocycles. The summed E-state index contributed by atoms with van der Waals surface area (Å²) in [6.45, 7) is 8.29. The third-order valence-electron chi connectivity index (χ3n) is 5.15. The van der Waals surface area contributed by atoms with E-state index >= 15 is 0 Å².